The molecule has 3 heterocycles. The predicted molar refractivity (Wildman–Crippen MR) is 131 cm³/mol. The number of piperidine rings is 1. The van der Waals surface area contributed by atoms with Crippen molar-refractivity contribution < 1.29 is 19.1 Å². The molecule has 1 fully saturated rings. The number of aryl methyl sites for hydroxylation is 2. The molecule has 0 N–H and O–H groups in total. The number of methoxy groups -OCH3 is 1. The minimum absolute atomic E-state index is 0.0684. The topological polar surface area (TPSA) is 81.6 Å². The van der Waals surface area contributed by atoms with Gasteiger partial charge < -0.3 is 14.4 Å². The summed E-state index contributed by atoms with van der Waals surface area (Å²) in [6, 6.07) is 11.8. The predicted octanol–water partition coefficient (Wildman–Crippen LogP) is 5.22. The quantitative estimate of drug-likeness (QED) is 0.532. The van der Waals surface area contributed by atoms with Crippen molar-refractivity contribution in [3.05, 3.63) is 53.2 Å². The molecule has 0 radical (unpaired) electrons. The number of aromatic nitrogens is 2. The van der Waals surface area contributed by atoms with Gasteiger partial charge in [0.05, 0.1) is 24.4 Å². The molecule has 2 aromatic heterocycles. The molecule has 0 saturated carbocycles. The standard InChI is InChI=1S/C27H31N3O4/c1-16-13-17(2)24(23(14-16)33-6)21-10-8-18-7-9-20(28-25(18)29-21)19-15-30(12-11-22(19)31)26(32)34-27(3,4)5/h7-10,13-14,19H,11-12,15H2,1-6H3. The van der Waals surface area contributed by atoms with Crippen LogP contribution in [0.3, 0.4) is 0 Å². The summed E-state index contributed by atoms with van der Waals surface area (Å²) in [6.45, 7) is 10.2. The minimum atomic E-state index is -0.593. The van der Waals surface area contributed by atoms with Crippen LogP contribution in [0.1, 0.15) is 49.9 Å². The molecule has 0 aliphatic carbocycles. The SMILES string of the molecule is COc1cc(C)cc(C)c1-c1ccc2ccc(C3CN(C(=O)OC(C)(C)C)CCC3=O)nc2n1. The second-order valence-electron chi connectivity index (χ2n) is 9.83. The van der Waals surface area contributed by atoms with Crippen LogP contribution in [0.5, 0.6) is 5.75 Å². The van der Waals surface area contributed by atoms with Crippen LogP contribution in [0.15, 0.2) is 36.4 Å². The van der Waals surface area contributed by atoms with Crippen molar-refractivity contribution in [2.45, 2.75) is 52.6 Å². The van der Waals surface area contributed by atoms with Crippen LogP contribution >= 0.6 is 0 Å². The molecule has 1 atom stereocenters. The number of fused-ring (bicyclic) bond motifs is 1. The van der Waals surface area contributed by atoms with Crippen LogP contribution in [0, 0.1) is 13.8 Å². The maximum Gasteiger partial charge on any atom is 0.410 e. The van der Waals surface area contributed by atoms with E-state index in [2.05, 4.69) is 6.07 Å². The third-order valence-corrected chi connectivity index (χ3v) is 5.92. The van der Waals surface area contributed by atoms with Gasteiger partial charge in [-0.15, -0.1) is 0 Å². The first-order valence-corrected chi connectivity index (χ1v) is 11.5. The fourth-order valence-corrected chi connectivity index (χ4v) is 4.35. The zero-order valence-electron chi connectivity index (χ0n) is 20.6. The van der Waals surface area contributed by atoms with Gasteiger partial charge in [-0.05, 0) is 76.1 Å². The van der Waals surface area contributed by atoms with Gasteiger partial charge in [0.15, 0.2) is 5.65 Å². The Morgan fingerprint density at radius 1 is 1.09 bits per heavy atom. The number of ether oxygens (including phenoxy) is 2. The van der Waals surface area contributed by atoms with Crippen LogP contribution in [0.4, 0.5) is 4.79 Å². The molecule has 0 bridgehead atoms. The highest BCUT2D eigenvalue weighted by atomic mass is 16.6. The Hall–Kier alpha value is -3.48. The maximum absolute atomic E-state index is 12.8. The van der Waals surface area contributed by atoms with Gasteiger partial charge in [-0.25, -0.2) is 14.8 Å². The number of hydrogen-bond acceptors (Lipinski definition) is 6. The molecule has 7 heteroatoms. The number of rotatable bonds is 3. The lowest BCUT2D eigenvalue weighted by Gasteiger charge is -2.33. The Kier molecular flexibility index (Phi) is 6.30. The van der Waals surface area contributed by atoms with Crippen molar-refractivity contribution in [3.63, 3.8) is 0 Å². The van der Waals surface area contributed by atoms with Gasteiger partial charge in [0.2, 0.25) is 0 Å². The van der Waals surface area contributed by atoms with E-state index in [0.717, 1.165) is 33.5 Å². The number of nitrogens with zero attached hydrogens (tertiary/aromatic N) is 3. The van der Waals surface area contributed by atoms with Gasteiger partial charge >= 0.3 is 6.09 Å². The lowest BCUT2D eigenvalue weighted by Crippen LogP contribution is -2.45. The lowest BCUT2D eigenvalue weighted by atomic mass is 9.93. The van der Waals surface area contributed by atoms with Gasteiger partial charge in [-0.1, -0.05) is 6.07 Å². The molecular weight excluding hydrogens is 430 g/mol. The summed E-state index contributed by atoms with van der Waals surface area (Å²) in [5, 5.41) is 0.878. The van der Waals surface area contributed by atoms with E-state index in [-0.39, 0.29) is 18.7 Å². The van der Waals surface area contributed by atoms with Gasteiger partial charge in [-0.3, -0.25) is 4.79 Å². The Bertz CT molecular complexity index is 1260. The minimum Gasteiger partial charge on any atom is -0.496 e. The second kappa shape index (κ2) is 9.05. The second-order valence-corrected chi connectivity index (χ2v) is 9.83. The highest BCUT2D eigenvalue weighted by Gasteiger charge is 2.34. The number of carbonyl (C=O) groups is 2. The molecule has 34 heavy (non-hydrogen) atoms. The van der Waals surface area contributed by atoms with Gasteiger partial charge in [0.1, 0.15) is 17.1 Å². The molecule has 178 valence electrons. The maximum atomic E-state index is 12.8. The van der Waals surface area contributed by atoms with Crippen LogP contribution in [0.2, 0.25) is 0 Å². The summed E-state index contributed by atoms with van der Waals surface area (Å²) in [7, 11) is 1.65. The summed E-state index contributed by atoms with van der Waals surface area (Å²) >= 11 is 0. The van der Waals surface area contributed by atoms with Crippen LogP contribution in [0.25, 0.3) is 22.3 Å². The molecule has 4 rings (SSSR count). The van der Waals surface area contributed by atoms with E-state index in [1.54, 1.807) is 12.0 Å². The summed E-state index contributed by atoms with van der Waals surface area (Å²) in [5.74, 6) is 0.321. The molecule has 7 nitrogen and oxygen atoms in total. The largest absolute Gasteiger partial charge is 0.496 e. The number of likely N-dealkylation sites (tertiary alicyclic amines) is 1. The smallest absolute Gasteiger partial charge is 0.410 e. The summed E-state index contributed by atoms with van der Waals surface area (Å²) in [5.41, 5.74) is 4.44. The highest BCUT2D eigenvalue weighted by molar-refractivity contribution is 5.89. The van der Waals surface area contributed by atoms with Crippen molar-refractivity contribution in [3.8, 4) is 17.0 Å². The number of pyridine rings is 2. The summed E-state index contributed by atoms with van der Waals surface area (Å²) in [6.07, 6.45) is -0.134. The van der Waals surface area contributed by atoms with Crippen molar-refractivity contribution >= 4 is 22.9 Å². The van der Waals surface area contributed by atoms with Gasteiger partial charge in [0.25, 0.3) is 0 Å². The summed E-state index contributed by atoms with van der Waals surface area (Å²) < 4.78 is 11.1. The van der Waals surface area contributed by atoms with E-state index < -0.39 is 17.6 Å². The molecule has 1 aliphatic heterocycles. The molecule has 1 amide bonds. The first-order valence-electron chi connectivity index (χ1n) is 11.5. The molecule has 0 spiro atoms. The molecule has 1 unspecified atom stereocenters. The van der Waals surface area contributed by atoms with Crippen LogP contribution in [-0.4, -0.2) is 52.5 Å². The third-order valence-electron chi connectivity index (χ3n) is 5.92. The lowest BCUT2D eigenvalue weighted by molar-refractivity contribution is -0.123. The number of hydrogen-bond donors (Lipinski definition) is 0. The van der Waals surface area contributed by atoms with E-state index >= 15 is 0 Å². The van der Waals surface area contributed by atoms with Gasteiger partial charge in [-0.2, -0.15) is 0 Å². The molecule has 1 aliphatic rings. The zero-order valence-corrected chi connectivity index (χ0v) is 20.6. The Morgan fingerprint density at radius 2 is 1.82 bits per heavy atom. The first-order chi connectivity index (χ1) is 16.1. The first kappa shape index (κ1) is 23.7. The molecule has 3 aromatic rings. The average Bonchev–Trinajstić information content (AvgIpc) is 2.77. The average molecular weight is 462 g/mol. The Balaban J connectivity index is 1.68. The number of amides is 1. The fourth-order valence-electron chi connectivity index (χ4n) is 4.35. The number of ketones is 1. The monoisotopic (exact) mass is 461 g/mol. The third kappa shape index (κ3) is 4.88. The number of benzene rings is 1. The number of carbonyl (C=O) groups excluding carboxylic acids is 2. The zero-order chi connectivity index (χ0) is 24.6. The van der Waals surface area contributed by atoms with Gasteiger partial charge in [0, 0.05) is 30.5 Å². The van der Waals surface area contributed by atoms with Crippen molar-refractivity contribution in [2.24, 2.45) is 0 Å². The van der Waals surface area contributed by atoms with Crippen molar-refractivity contribution in [1.82, 2.24) is 14.9 Å². The number of Topliss-reactive ketones (excluding diaryl/α,β-unsaturated/α-hetero) is 1. The molecule has 1 saturated heterocycles. The van der Waals surface area contributed by atoms with Crippen LogP contribution < -0.4 is 4.74 Å². The Labute approximate surface area is 200 Å². The highest BCUT2D eigenvalue weighted by Crippen LogP contribution is 2.34. The van der Waals surface area contributed by atoms with E-state index in [1.165, 1.54) is 0 Å². The normalized spacial score (nSPS) is 16.6. The molecular formula is C27H31N3O4. The van der Waals surface area contributed by atoms with E-state index in [1.807, 2.05) is 65.0 Å². The Morgan fingerprint density at radius 3 is 2.53 bits per heavy atom. The van der Waals surface area contributed by atoms with E-state index in [4.69, 9.17) is 19.4 Å². The van der Waals surface area contributed by atoms with Crippen molar-refractivity contribution in [2.75, 3.05) is 20.2 Å². The fraction of sp³-hybridized carbons (Fsp3) is 0.407. The van der Waals surface area contributed by atoms with E-state index in [9.17, 15) is 9.59 Å². The van der Waals surface area contributed by atoms with Crippen LogP contribution in [-0.2, 0) is 9.53 Å². The van der Waals surface area contributed by atoms with Crippen molar-refractivity contribution in [1.29, 1.82) is 0 Å². The van der Waals surface area contributed by atoms with E-state index in [0.29, 0.717) is 17.9 Å². The summed E-state index contributed by atoms with van der Waals surface area (Å²) in [4.78, 5) is 36.5. The molecule has 1 aromatic carbocycles.